The van der Waals surface area contributed by atoms with E-state index in [-0.39, 0.29) is 5.91 Å². The zero-order valence-corrected chi connectivity index (χ0v) is 14.6. The predicted molar refractivity (Wildman–Crippen MR) is 97.8 cm³/mol. The molecule has 7 nitrogen and oxygen atoms in total. The van der Waals surface area contributed by atoms with Gasteiger partial charge in [0.15, 0.2) is 0 Å². The Labute approximate surface area is 149 Å². The molecular formula is C18H19FN6O. The van der Waals surface area contributed by atoms with E-state index in [2.05, 4.69) is 20.4 Å². The van der Waals surface area contributed by atoms with Gasteiger partial charge in [-0.1, -0.05) is 0 Å². The highest BCUT2D eigenvalue weighted by Crippen LogP contribution is 2.32. The lowest BCUT2D eigenvalue weighted by atomic mass is 10.1. The normalized spacial score (nSPS) is 17.0. The van der Waals surface area contributed by atoms with Crippen LogP contribution >= 0.6 is 0 Å². The fourth-order valence-electron chi connectivity index (χ4n) is 3.24. The first kappa shape index (κ1) is 16.4. The third-order valence-electron chi connectivity index (χ3n) is 4.43. The first-order valence-electron chi connectivity index (χ1n) is 8.46. The van der Waals surface area contributed by atoms with Gasteiger partial charge in [-0.25, -0.2) is 9.37 Å². The smallest absolute Gasteiger partial charge is 0.222 e. The molecule has 1 N–H and O–H groups in total. The number of carbonyl (C=O) groups excluding carboxylic acids is 1. The van der Waals surface area contributed by atoms with Crippen LogP contribution in [0, 0.1) is 0 Å². The van der Waals surface area contributed by atoms with Crippen LogP contribution < -0.4 is 10.2 Å². The largest absolute Gasteiger partial charge is 0.353 e. The van der Waals surface area contributed by atoms with Crippen LogP contribution in [0.4, 0.5) is 16.0 Å². The number of nitrogens with zero attached hydrogens (tertiary/aromatic N) is 5. The van der Waals surface area contributed by atoms with Crippen LogP contribution in [-0.2, 0) is 11.8 Å². The zero-order valence-electron chi connectivity index (χ0n) is 14.6. The Morgan fingerprint density at radius 1 is 1.35 bits per heavy atom. The summed E-state index contributed by atoms with van der Waals surface area (Å²) in [6.07, 6.45) is 5.01. The summed E-state index contributed by atoms with van der Waals surface area (Å²) in [5, 5.41) is 8.62. The van der Waals surface area contributed by atoms with Gasteiger partial charge in [0.2, 0.25) is 5.91 Å². The lowest BCUT2D eigenvalue weighted by Crippen LogP contribution is -2.22. The minimum atomic E-state index is -0.862. The van der Waals surface area contributed by atoms with Gasteiger partial charge in [0.25, 0.3) is 0 Å². The maximum atomic E-state index is 13.7. The highest BCUT2D eigenvalue weighted by Gasteiger charge is 2.25. The van der Waals surface area contributed by atoms with E-state index in [0.717, 1.165) is 22.0 Å². The number of aryl methyl sites for hydroxylation is 1. The standard InChI is InChI=1S/C18H19FN6O/c1-11(26)22-17-6-12-5-16(13-7-21-24(2)9-13)20-8-15(12)18(23-17)25-4-3-14(19)10-25/h5-9,14H,3-4,10H2,1-2H3,(H,22,23,26)/t14-/m1/s1. The van der Waals surface area contributed by atoms with Gasteiger partial charge in [0.05, 0.1) is 18.4 Å². The van der Waals surface area contributed by atoms with Gasteiger partial charge in [0.1, 0.15) is 17.8 Å². The molecule has 0 unspecified atom stereocenters. The maximum Gasteiger partial charge on any atom is 0.222 e. The Hall–Kier alpha value is -3.03. The molecule has 0 radical (unpaired) electrons. The topological polar surface area (TPSA) is 75.9 Å². The van der Waals surface area contributed by atoms with Crippen molar-refractivity contribution in [1.29, 1.82) is 0 Å². The molecule has 1 fully saturated rings. The van der Waals surface area contributed by atoms with Crippen LogP contribution in [0.5, 0.6) is 0 Å². The summed E-state index contributed by atoms with van der Waals surface area (Å²) in [6.45, 7) is 2.33. The molecular weight excluding hydrogens is 335 g/mol. The van der Waals surface area contributed by atoms with Crippen molar-refractivity contribution in [3.63, 3.8) is 0 Å². The van der Waals surface area contributed by atoms with Crippen molar-refractivity contribution < 1.29 is 9.18 Å². The second kappa shape index (κ2) is 6.36. The number of halogens is 1. The molecule has 1 aliphatic heterocycles. The molecule has 4 heterocycles. The van der Waals surface area contributed by atoms with Gasteiger partial charge in [-0.2, -0.15) is 5.10 Å². The van der Waals surface area contributed by atoms with Crippen molar-refractivity contribution in [1.82, 2.24) is 19.7 Å². The number of hydrogen-bond donors (Lipinski definition) is 1. The molecule has 3 aromatic rings. The van der Waals surface area contributed by atoms with Crippen molar-refractivity contribution in [2.75, 3.05) is 23.3 Å². The molecule has 3 aromatic heterocycles. The second-order valence-corrected chi connectivity index (χ2v) is 6.54. The summed E-state index contributed by atoms with van der Waals surface area (Å²) < 4.78 is 15.4. The summed E-state index contributed by atoms with van der Waals surface area (Å²) >= 11 is 0. The number of amides is 1. The fraction of sp³-hybridized carbons (Fsp3) is 0.333. The molecule has 0 saturated carbocycles. The molecule has 0 spiro atoms. The van der Waals surface area contributed by atoms with E-state index >= 15 is 0 Å². The van der Waals surface area contributed by atoms with Crippen molar-refractivity contribution in [3.05, 3.63) is 30.7 Å². The van der Waals surface area contributed by atoms with E-state index in [4.69, 9.17) is 0 Å². The molecule has 0 bridgehead atoms. The van der Waals surface area contributed by atoms with E-state index in [1.807, 2.05) is 30.3 Å². The van der Waals surface area contributed by atoms with Crippen LogP contribution in [0.1, 0.15) is 13.3 Å². The quantitative estimate of drug-likeness (QED) is 0.782. The van der Waals surface area contributed by atoms with Crippen molar-refractivity contribution in [3.8, 4) is 11.3 Å². The van der Waals surface area contributed by atoms with Crippen LogP contribution in [0.3, 0.4) is 0 Å². The lowest BCUT2D eigenvalue weighted by molar-refractivity contribution is -0.114. The second-order valence-electron chi connectivity index (χ2n) is 6.54. The van der Waals surface area contributed by atoms with Crippen molar-refractivity contribution in [2.45, 2.75) is 19.5 Å². The number of rotatable bonds is 3. The summed E-state index contributed by atoms with van der Waals surface area (Å²) in [7, 11) is 1.85. The summed E-state index contributed by atoms with van der Waals surface area (Å²) in [5.41, 5.74) is 1.68. The predicted octanol–water partition coefficient (Wildman–Crippen LogP) is 2.54. The third-order valence-corrected chi connectivity index (χ3v) is 4.43. The van der Waals surface area contributed by atoms with E-state index in [1.54, 1.807) is 17.1 Å². The SMILES string of the molecule is CC(=O)Nc1cc2cc(-c3cnn(C)c3)ncc2c(N2CC[C@@H](F)C2)n1. The van der Waals surface area contributed by atoms with Gasteiger partial charge in [-0.3, -0.25) is 14.5 Å². The Morgan fingerprint density at radius 2 is 2.19 bits per heavy atom. The number of nitrogens with one attached hydrogen (secondary N) is 1. The van der Waals surface area contributed by atoms with Crippen LogP contribution in [0.15, 0.2) is 30.7 Å². The summed E-state index contributed by atoms with van der Waals surface area (Å²) in [5.74, 6) is 0.899. The van der Waals surface area contributed by atoms with Gasteiger partial charge in [-0.15, -0.1) is 0 Å². The van der Waals surface area contributed by atoms with Crippen LogP contribution in [0.25, 0.3) is 22.0 Å². The number of carbonyl (C=O) groups is 1. The minimum Gasteiger partial charge on any atom is -0.353 e. The fourth-order valence-corrected chi connectivity index (χ4v) is 3.24. The van der Waals surface area contributed by atoms with Gasteiger partial charge in [-0.05, 0) is 23.9 Å². The molecule has 1 saturated heterocycles. The van der Waals surface area contributed by atoms with Gasteiger partial charge in [0, 0.05) is 43.9 Å². The number of fused-ring (bicyclic) bond motifs is 1. The number of alkyl halides is 1. The third kappa shape index (κ3) is 3.10. The zero-order chi connectivity index (χ0) is 18.3. The first-order valence-corrected chi connectivity index (χ1v) is 8.46. The lowest BCUT2D eigenvalue weighted by Gasteiger charge is -2.20. The molecule has 26 heavy (non-hydrogen) atoms. The molecule has 1 amide bonds. The summed E-state index contributed by atoms with van der Waals surface area (Å²) in [6, 6.07) is 3.75. The molecule has 8 heteroatoms. The van der Waals surface area contributed by atoms with E-state index in [0.29, 0.717) is 31.1 Å². The van der Waals surface area contributed by atoms with E-state index in [1.165, 1.54) is 6.92 Å². The summed E-state index contributed by atoms with van der Waals surface area (Å²) in [4.78, 5) is 22.4. The van der Waals surface area contributed by atoms with Crippen LogP contribution in [0.2, 0.25) is 0 Å². The van der Waals surface area contributed by atoms with Crippen molar-refractivity contribution >= 4 is 28.3 Å². The molecule has 1 aliphatic rings. The highest BCUT2D eigenvalue weighted by molar-refractivity contribution is 5.98. The number of aromatic nitrogens is 4. The molecule has 0 aliphatic carbocycles. The highest BCUT2D eigenvalue weighted by atomic mass is 19.1. The van der Waals surface area contributed by atoms with E-state index in [9.17, 15) is 9.18 Å². The Bertz CT molecular complexity index is 985. The Balaban J connectivity index is 1.84. The Kier molecular flexibility index (Phi) is 4.02. The molecule has 134 valence electrons. The number of anilines is 2. The molecule has 0 aromatic carbocycles. The minimum absolute atomic E-state index is 0.200. The van der Waals surface area contributed by atoms with Crippen molar-refractivity contribution in [2.24, 2.45) is 7.05 Å². The maximum absolute atomic E-state index is 13.7. The van der Waals surface area contributed by atoms with Crippen LogP contribution in [-0.4, -0.2) is 44.9 Å². The van der Waals surface area contributed by atoms with E-state index < -0.39 is 6.17 Å². The Morgan fingerprint density at radius 3 is 2.85 bits per heavy atom. The van der Waals surface area contributed by atoms with Gasteiger partial charge >= 0.3 is 0 Å². The molecule has 4 rings (SSSR count). The first-order chi connectivity index (χ1) is 12.5. The number of hydrogen-bond acceptors (Lipinski definition) is 5. The molecule has 1 atom stereocenters. The van der Waals surface area contributed by atoms with Gasteiger partial charge < -0.3 is 10.2 Å². The number of pyridine rings is 2. The average Bonchev–Trinajstić information content (AvgIpc) is 3.21. The monoisotopic (exact) mass is 354 g/mol. The average molecular weight is 354 g/mol.